The minimum Gasteiger partial charge on any atom is -0.370 e. The number of piperazine rings is 1. The molecule has 0 atom stereocenters. The molecule has 2 N–H and O–H groups in total. The fourth-order valence-electron chi connectivity index (χ4n) is 4.62. The highest BCUT2D eigenvalue weighted by atomic mass is 79.9. The first kappa shape index (κ1) is 24.4. The van der Waals surface area contributed by atoms with Gasteiger partial charge in [-0.2, -0.15) is 0 Å². The summed E-state index contributed by atoms with van der Waals surface area (Å²) in [6.07, 6.45) is 5.06. The second kappa shape index (κ2) is 10.7. The van der Waals surface area contributed by atoms with Crippen LogP contribution in [0.2, 0.25) is 0 Å². The third-order valence-electron chi connectivity index (χ3n) is 6.60. The zero-order chi connectivity index (χ0) is 24.2. The van der Waals surface area contributed by atoms with E-state index in [-0.39, 0.29) is 17.3 Å². The zero-order valence-electron chi connectivity index (χ0n) is 19.8. The number of nitrogens with one attached hydrogen (secondary N) is 2. The van der Waals surface area contributed by atoms with Crippen molar-refractivity contribution in [2.24, 2.45) is 7.05 Å². The number of nitrogens with zero attached hydrogens (tertiary/aromatic N) is 5. The first-order valence-corrected chi connectivity index (χ1v) is 12.4. The summed E-state index contributed by atoms with van der Waals surface area (Å²) in [5.41, 5.74) is 2.07. The molecule has 1 aromatic heterocycles. The molecule has 9 nitrogen and oxygen atoms in total. The Bertz CT molecular complexity index is 1100. The third-order valence-corrected chi connectivity index (χ3v) is 6.99. The van der Waals surface area contributed by atoms with E-state index in [1.807, 2.05) is 18.2 Å². The summed E-state index contributed by atoms with van der Waals surface area (Å²) in [6.45, 7) is 9.94. The van der Waals surface area contributed by atoms with Gasteiger partial charge in [0.05, 0.1) is 11.4 Å². The van der Waals surface area contributed by atoms with Gasteiger partial charge >= 0.3 is 0 Å². The van der Waals surface area contributed by atoms with Gasteiger partial charge in [-0.15, -0.1) is 0 Å². The molecule has 10 heteroatoms. The number of aromatic nitrogens is 2. The predicted octanol–water partition coefficient (Wildman–Crippen LogP) is 2.63. The average molecular weight is 530 g/mol. The standard InChI is InChI=1S/C24H32BrN7O2/c1-4-22(33)27-19-15-17(26-23-24(34)30(3)16-21(25)28-23)5-6-20(19)32-9-7-18(8-10-32)31-13-11-29(2)12-14-31/h4-6,15-16,18H,1,7-14H2,2-3H3,(H,26,28)(H,27,33). The van der Waals surface area contributed by atoms with E-state index in [0.29, 0.717) is 22.0 Å². The van der Waals surface area contributed by atoms with E-state index in [1.165, 1.54) is 10.6 Å². The number of halogens is 1. The molecule has 0 spiro atoms. The van der Waals surface area contributed by atoms with Crippen LogP contribution in [-0.2, 0) is 11.8 Å². The molecule has 2 saturated heterocycles. The summed E-state index contributed by atoms with van der Waals surface area (Å²) in [6, 6.07) is 6.34. The van der Waals surface area contributed by atoms with E-state index in [0.717, 1.165) is 57.8 Å². The Hall–Kier alpha value is -2.69. The molecular formula is C24H32BrN7O2. The van der Waals surface area contributed by atoms with Crippen molar-refractivity contribution >= 4 is 44.7 Å². The van der Waals surface area contributed by atoms with E-state index >= 15 is 0 Å². The van der Waals surface area contributed by atoms with Crippen LogP contribution in [0.4, 0.5) is 22.9 Å². The maximum absolute atomic E-state index is 12.4. The number of rotatable bonds is 6. The quantitative estimate of drug-likeness (QED) is 0.556. The minimum absolute atomic E-state index is 0.207. The van der Waals surface area contributed by atoms with Gasteiger partial charge in [0.1, 0.15) is 4.60 Å². The van der Waals surface area contributed by atoms with E-state index in [1.54, 1.807) is 13.2 Å². The van der Waals surface area contributed by atoms with Gasteiger partial charge in [0.25, 0.3) is 5.56 Å². The number of likely N-dealkylation sites (N-methyl/N-ethyl adjacent to an activating group) is 1. The lowest BCUT2D eigenvalue weighted by molar-refractivity contribution is -0.111. The number of hydrogen-bond acceptors (Lipinski definition) is 7. The molecule has 1 amide bonds. The highest BCUT2D eigenvalue weighted by Gasteiger charge is 2.27. The Morgan fingerprint density at radius 3 is 2.53 bits per heavy atom. The maximum Gasteiger partial charge on any atom is 0.293 e. The molecule has 1 aromatic carbocycles. The first-order valence-electron chi connectivity index (χ1n) is 11.6. The highest BCUT2D eigenvalue weighted by molar-refractivity contribution is 9.10. The monoisotopic (exact) mass is 529 g/mol. The Balaban J connectivity index is 1.51. The molecule has 0 aliphatic carbocycles. The van der Waals surface area contributed by atoms with Crippen LogP contribution >= 0.6 is 15.9 Å². The smallest absolute Gasteiger partial charge is 0.293 e. The summed E-state index contributed by atoms with van der Waals surface area (Å²) in [4.78, 5) is 36.2. The fourth-order valence-corrected chi connectivity index (χ4v) is 5.10. The number of carbonyl (C=O) groups is 1. The number of carbonyl (C=O) groups excluding carboxylic acids is 1. The van der Waals surface area contributed by atoms with Gasteiger partial charge in [-0.05, 0) is 60.1 Å². The lowest BCUT2D eigenvalue weighted by atomic mass is 10.0. The molecule has 0 radical (unpaired) electrons. The maximum atomic E-state index is 12.4. The van der Waals surface area contributed by atoms with Crippen LogP contribution < -0.4 is 21.1 Å². The number of amides is 1. The summed E-state index contributed by atoms with van der Waals surface area (Å²) >= 11 is 3.33. The molecule has 2 aliphatic rings. The van der Waals surface area contributed by atoms with Crippen LogP contribution in [0.15, 0.2) is 46.4 Å². The molecule has 0 unspecified atom stereocenters. The van der Waals surface area contributed by atoms with Crippen molar-refractivity contribution in [2.45, 2.75) is 18.9 Å². The molecule has 34 heavy (non-hydrogen) atoms. The molecule has 2 fully saturated rings. The Morgan fingerprint density at radius 2 is 1.85 bits per heavy atom. The van der Waals surface area contributed by atoms with Gasteiger partial charge < -0.3 is 25.0 Å². The van der Waals surface area contributed by atoms with Gasteiger partial charge in [0, 0.05) is 64.2 Å². The van der Waals surface area contributed by atoms with E-state index < -0.39 is 0 Å². The minimum atomic E-state index is -0.276. The van der Waals surface area contributed by atoms with Crippen molar-refractivity contribution in [3.63, 3.8) is 0 Å². The summed E-state index contributed by atoms with van der Waals surface area (Å²) < 4.78 is 2.01. The first-order chi connectivity index (χ1) is 16.3. The number of piperidine rings is 1. The third kappa shape index (κ3) is 5.68. The predicted molar refractivity (Wildman–Crippen MR) is 140 cm³/mol. The topological polar surface area (TPSA) is 85.7 Å². The average Bonchev–Trinajstić information content (AvgIpc) is 2.83. The van der Waals surface area contributed by atoms with Crippen LogP contribution in [0.5, 0.6) is 0 Å². The van der Waals surface area contributed by atoms with Crippen molar-refractivity contribution in [1.82, 2.24) is 19.4 Å². The van der Waals surface area contributed by atoms with Gasteiger partial charge in [-0.25, -0.2) is 4.98 Å². The van der Waals surface area contributed by atoms with Crippen molar-refractivity contribution in [3.8, 4) is 0 Å². The molecular weight excluding hydrogens is 498 g/mol. The molecule has 2 aromatic rings. The van der Waals surface area contributed by atoms with Crippen LogP contribution in [0, 0.1) is 0 Å². The highest BCUT2D eigenvalue weighted by Crippen LogP contribution is 2.33. The summed E-state index contributed by atoms with van der Waals surface area (Å²) in [5, 5.41) is 6.02. The zero-order valence-corrected chi connectivity index (χ0v) is 21.3. The van der Waals surface area contributed by atoms with Gasteiger partial charge in [-0.3, -0.25) is 14.5 Å². The normalized spacial score (nSPS) is 18.0. The van der Waals surface area contributed by atoms with Crippen molar-refractivity contribution < 1.29 is 4.79 Å². The number of aryl methyl sites for hydroxylation is 1. The number of benzene rings is 1. The molecule has 0 saturated carbocycles. The molecule has 2 aliphatic heterocycles. The van der Waals surface area contributed by atoms with Crippen LogP contribution in [0.1, 0.15) is 12.8 Å². The molecule has 3 heterocycles. The molecule has 182 valence electrons. The van der Waals surface area contributed by atoms with E-state index in [2.05, 4.69) is 59.9 Å². The lowest BCUT2D eigenvalue weighted by Crippen LogP contribution is -2.52. The van der Waals surface area contributed by atoms with Gasteiger partial charge in [-0.1, -0.05) is 6.58 Å². The second-order valence-electron chi connectivity index (χ2n) is 8.94. The molecule has 0 bridgehead atoms. The lowest BCUT2D eigenvalue weighted by Gasteiger charge is -2.43. The van der Waals surface area contributed by atoms with Crippen LogP contribution in [-0.4, -0.2) is 77.6 Å². The van der Waals surface area contributed by atoms with Crippen molar-refractivity contribution in [3.05, 3.63) is 52.0 Å². The largest absolute Gasteiger partial charge is 0.370 e. The Morgan fingerprint density at radius 1 is 1.15 bits per heavy atom. The number of anilines is 4. The van der Waals surface area contributed by atoms with E-state index in [9.17, 15) is 9.59 Å². The molecule has 4 rings (SSSR count). The summed E-state index contributed by atoms with van der Waals surface area (Å²) in [7, 11) is 3.85. The van der Waals surface area contributed by atoms with Gasteiger partial charge in [0.15, 0.2) is 5.82 Å². The van der Waals surface area contributed by atoms with Crippen molar-refractivity contribution in [1.29, 1.82) is 0 Å². The van der Waals surface area contributed by atoms with Crippen molar-refractivity contribution in [2.75, 3.05) is 61.8 Å². The van der Waals surface area contributed by atoms with Crippen LogP contribution in [0.3, 0.4) is 0 Å². The Kier molecular flexibility index (Phi) is 7.70. The second-order valence-corrected chi connectivity index (χ2v) is 9.75. The van der Waals surface area contributed by atoms with Crippen LogP contribution in [0.25, 0.3) is 0 Å². The Labute approximate surface area is 208 Å². The van der Waals surface area contributed by atoms with Gasteiger partial charge in [0.2, 0.25) is 5.91 Å². The van der Waals surface area contributed by atoms with E-state index in [4.69, 9.17) is 0 Å². The SMILES string of the molecule is C=CC(=O)Nc1cc(Nc2nc(Br)cn(C)c2=O)ccc1N1CCC(N2CCN(C)CC2)CC1. The fraction of sp³-hybridized carbons (Fsp3) is 0.458. The number of hydrogen-bond donors (Lipinski definition) is 2. The summed E-state index contributed by atoms with van der Waals surface area (Å²) in [5.74, 6) is -0.0687.